The van der Waals surface area contributed by atoms with Gasteiger partial charge >= 0.3 is 0 Å². The molecule has 0 aromatic rings. The minimum atomic E-state index is -0.146. The van der Waals surface area contributed by atoms with Gasteiger partial charge in [-0.2, -0.15) is 0 Å². The second-order valence-corrected chi connectivity index (χ2v) is 13.5. The fourth-order valence-electron chi connectivity index (χ4n) is 9.49. The number of rotatable bonds is 5. The van der Waals surface area contributed by atoms with Gasteiger partial charge in [0.2, 0.25) is 0 Å². The summed E-state index contributed by atoms with van der Waals surface area (Å²) in [6.07, 6.45) is 14.5. The van der Waals surface area contributed by atoms with Gasteiger partial charge in [-0.3, -0.25) is 0 Å². The lowest BCUT2D eigenvalue weighted by Crippen LogP contribution is -2.55. The fraction of sp³-hybridized carbons (Fsp3) is 0.867. The van der Waals surface area contributed by atoms with Gasteiger partial charge in [0.15, 0.2) is 0 Å². The van der Waals surface area contributed by atoms with Crippen molar-refractivity contribution >= 4 is 0 Å². The standard InChI is InChI=1S/C30H50O2/c1-20(19-31)9-8-10-21(2)22-13-17-30(7)24-11-12-25-27(3,4)26(32)15-16-28(25,5)23(24)14-18-29(22,30)6/h9,21-22,25-26,31-32H,8,10-19H2,1-7H3/t21-,22-,25?,26?,28-,29+,30+/m1/s1. The van der Waals surface area contributed by atoms with Crippen molar-refractivity contribution in [2.24, 2.45) is 39.4 Å². The molecule has 32 heavy (non-hydrogen) atoms. The van der Waals surface area contributed by atoms with Crippen LogP contribution in [0, 0.1) is 39.4 Å². The molecular formula is C30H50O2. The smallest absolute Gasteiger partial charge is 0.0639 e. The van der Waals surface area contributed by atoms with E-state index in [0.29, 0.717) is 16.7 Å². The van der Waals surface area contributed by atoms with Gasteiger partial charge in [0, 0.05) is 0 Å². The molecule has 0 heterocycles. The normalized spacial score (nSPS) is 44.7. The van der Waals surface area contributed by atoms with Gasteiger partial charge in [-0.25, -0.2) is 0 Å². The van der Waals surface area contributed by atoms with Crippen molar-refractivity contribution in [2.45, 2.75) is 119 Å². The third kappa shape index (κ3) is 3.41. The van der Waals surface area contributed by atoms with Crippen LogP contribution in [0.15, 0.2) is 22.8 Å². The van der Waals surface area contributed by atoms with E-state index in [0.717, 1.165) is 30.3 Å². The molecule has 7 atom stereocenters. The summed E-state index contributed by atoms with van der Waals surface area (Å²) in [6, 6.07) is 0. The van der Waals surface area contributed by atoms with Gasteiger partial charge < -0.3 is 10.2 Å². The average Bonchev–Trinajstić information content (AvgIpc) is 3.02. The number of fused-ring (bicyclic) bond motifs is 4. The van der Waals surface area contributed by atoms with Gasteiger partial charge in [-0.05, 0) is 111 Å². The van der Waals surface area contributed by atoms with E-state index >= 15 is 0 Å². The van der Waals surface area contributed by atoms with Crippen molar-refractivity contribution < 1.29 is 10.2 Å². The molecule has 2 fully saturated rings. The van der Waals surface area contributed by atoms with Gasteiger partial charge in [-0.15, -0.1) is 0 Å². The minimum absolute atomic E-state index is 0.0279. The highest BCUT2D eigenvalue weighted by Crippen LogP contribution is 2.72. The molecule has 0 spiro atoms. The van der Waals surface area contributed by atoms with Crippen LogP contribution in [0.2, 0.25) is 0 Å². The van der Waals surface area contributed by atoms with E-state index < -0.39 is 0 Å². The Balaban J connectivity index is 1.62. The molecule has 0 bridgehead atoms. The molecule has 4 rings (SSSR count). The molecule has 0 saturated heterocycles. The van der Waals surface area contributed by atoms with Crippen LogP contribution in [0.25, 0.3) is 0 Å². The van der Waals surface area contributed by atoms with Crippen LogP contribution in [0.5, 0.6) is 0 Å². The Morgan fingerprint density at radius 3 is 2.41 bits per heavy atom. The largest absolute Gasteiger partial charge is 0.393 e. The highest BCUT2D eigenvalue weighted by molar-refractivity contribution is 5.38. The molecule has 2 heteroatoms. The average molecular weight is 443 g/mol. The van der Waals surface area contributed by atoms with Crippen LogP contribution >= 0.6 is 0 Å². The molecule has 0 amide bonds. The Hall–Kier alpha value is -0.600. The van der Waals surface area contributed by atoms with Crippen molar-refractivity contribution in [3.8, 4) is 0 Å². The maximum absolute atomic E-state index is 10.8. The maximum atomic E-state index is 10.8. The lowest BCUT2D eigenvalue weighted by molar-refractivity contribution is -0.0962. The SMILES string of the molecule is CC(=CCC[C@@H](C)[C@H]1CC[C@@]2(C)C3=C(CC[C@@]12C)[C@@]1(C)CCC(O)C(C)(C)C1CC3)CO. The Morgan fingerprint density at radius 2 is 1.72 bits per heavy atom. The predicted molar refractivity (Wildman–Crippen MR) is 134 cm³/mol. The fourth-order valence-corrected chi connectivity index (χ4v) is 9.49. The highest BCUT2D eigenvalue weighted by atomic mass is 16.3. The van der Waals surface area contributed by atoms with Crippen molar-refractivity contribution in [1.29, 1.82) is 0 Å². The Morgan fingerprint density at radius 1 is 1.00 bits per heavy atom. The molecule has 0 aromatic carbocycles. The number of allylic oxidation sites excluding steroid dienone is 3. The number of hydrogen-bond acceptors (Lipinski definition) is 2. The summed E-state index contributed by atoms with van der Waals surface area (Å²) in [5.74, 6) is 2.16. The van der Waals surface area contributed by atoms with E-state index in [1.807, 2.05) is 18.1 Å². The van der Waals surface area contributed by atoms with Crippen LogP contribution in [0.3, 0.4) is 0 Å². The first kappa shape index (κ1) is 24.5. The van der Waals surface area contributed by atoms with Crippen LogP contribution in [0.1, 0.15) is 113 Å². The van der Waals surface area contributed by atoms with E-state index in [2.05, 4.69) is 47.6 Å². The molecule has 4 aliphatic carbocycles. The summed E-state index contributed by atoms with van der Waals surface area (Å²) in [4.78, 5) is 0. The van der Waals surface area contributed by atoms with E-state index in [1.54, 1.807) is 0 Å². The first-order valence-corrected chi connectivity index (χ1v) is 13.6. The summed E-state index contributed by atoms with van der Waals surface area (Å²) < 4.78 is 0. The Bertz CT molecular complexity index is 791. The van der Waals surface area contributed by atoms with Crippen LogP contribution in [-0.4, -0.2) is 22.9 Å². The van der Waals surface area contributed by atoms with Gasteiger partial charge in [0.1, 0.15) is 0 Å². The summed E-state index contributed by atoms with van der Waals surface area (Å²) in [7, 11) is 0. The molecular weight excluding hydrogens is 392 g/mol. The minimum Gasteiger partial charge on any atom is -0.393 e. The zero-order valence-electron chi connectivity index (χ0n) is 22.1. The summed E-state index contributed by atoms with van der Waals surface area (Å²) in [5, 5.41) is 20.1. The quantitative estimate of drug-likeness (QED) is 0.434. The van der Waals surface area contributed by atoms with Crippen molar-refractivity contribution in [1.82, 2.24) is 0 Å². The third-order valence-corrected chi connectivity index (χ3v) is 11.8. The lowest BCUT2D eigenvalue weighted by atomic mass is 9.43. The zero-order valence-corrected chi connectivity index (χ0v) is 22.1. The Kier molecular flexibility index (Phi) is 6.33. The van der Waals surface area contributed by atoms with Gasteiger partial charge in [0.25, 0.3) is 0 Å². The number of hydrogen-bond donors (Lipinski definition) is 2. The van der Waals surface area contributed by atoms with Crippen molar-refractivity contribution in [2.75, 3.05) is 6.61 Å². The summed E-state index contributed by atoms with van der Waals surface area (Å²) in [5.41, 5.74) is 5.86. The van der Waals surface area contributed by atoms with Gasteiger partial charge in [-0.1, -0.05) is 64.3 Å². The maximum Gasteiger partial charge on any atom is 0.0639 e. The molecule has 0 aromatic heterocycles. The molecule has 2 unspecified atom stereocenters. The summed E-state index contributed by atoms with van der Waals surface area (Å²) >= 11 is 0. The second kappa shape index (κ2) is 8.26. The topological polar surface area (TPSA) is 40.5 Å². The van der Waals surface area contributed by atoms with Crippen molar-refractivity contribution in [3.63, 3.8) is 0 Å². The molecule has 2 nitrogen and oxygen atoms in total. The van der Waals surface area contributed by atoms with Crippen LogP contribution in [-0.2, 0) is 0 Å². The monoisotopic (exact) mass is 442 g/mol. The molecule has 2 saturated carbocycles. The summed E-state index contributed by atoms with van der Waals surface area (Å²) in [6.45, 7) is 17.2. The first-order valence-electron chi connectivity index (χ1n) is 13.6. The van der Waals surface area contributed by atoms with E-state index in [9.17, 15) is 10.2 Å². The van der Waals surface area contributed by atoms with E-state index in [1.165, 1.54) is 51.4 Å². The predicted octanol–water partition coefficient (Wildman–Crippen LogP) is 7.45. The molecule has 0 aliphatic heterocycles. The third-order valence-electron chi connectivity index (χ3n) is 11.8. The van der Waals surface area contributed by atoms with Crippen LogP contribution in [0.4, 0.5) is 0 Å². The lowest BCUT2D eigenvalue weighted by Gasteiger charge is -2.62. The molecule has 4 aliphatic rings. The van der Waals surface area contributed by atoms with E-state index in [4.69, 9.17) is 0 Å². The highest BCUT2D eigenvalue weighted by Gasteiger charge is 2.63. The number of aliphatic hydroxyl groups excluding tert-OH is 2. The first-order chi connectivity index (χ1) is 14.9. The molecule has 0 radical (unpaired) electrons. The Labute approximate surface area is 198 Å². The molecule has 182 valence electrons. The van der Waals surface area contributed by atoms with Crippen molar-refractivity contribution in [3.05, 3.63) is 22.8 Å². The van der Waals surface area contributed by atoms with E-state index in [-0.39, 0.29) is 23.5 Å². The zero-order chi connectivity index (χ0) is 23.5. The van der Waals surface area contributed by atoms with Crippen LogP contribution < -0.4 is 0 Å². The number of aliphatic hydroxyl groups is 2. The van der Waals surface area contributed by atoms with Gasteiger partial charge in [0.05, 0.1) is 12.7 Å². The molecule has 2 N–H and O–H groups in total. The second-order valence-electron chi connectivity index (χ2n) is 13.5.